The summed E-state index contributed by atoms with van der Waals surface area (Å²) >= 11 is 1.28. The summed E-state index contributed by atoms with van der Waals surface area (Å²) in [6.45, 7) is 5.80. The first-order chi connectivity index (χ1) is 11.1. The quantitative estimate of drug-likeness (QED) is 0.477. The highest BCUT2D eigenvalue weighted by Crippen LogP contribution is 2.30. The van der Waals surface area contributed by atoms with Crippen LogP contribution in [0.3, 0.4) is 0 Å². The summed E-state index contributed by atoms with van der Waals surface area (Å²) in [5.74, 6) is 1.30. The fourth-order valence-electron chi connectivity index (χ4n) is 2.05. The Morgan fingerprint density at radius 3 is 2.87 bits per heavy atom. The van der Waals surface area contributed by atoms with Crippen LogP contribution in [0.25, 0.3) is 0 Å². The second-order valence-electron chi connectivity index (χ2n) is 4.67. The average molecular weight is 333 g/mol. The smallest absolute Gasteiger partial charge is 0.204 e. The number of ketones is 1. The molecule has 0 atom stereocenters. The monoisotopic (exact) mass is 333 g/mol. The van der Waals surface area contributed by atoms with Crippen molar-refractivity contribution in [2.75, 3.05) is 19.1 Å². The van der Waals surface area contributed by atoms with Crippen LogP contribution in [-0.2, 0) is 0 Å². The number of nitrogens with one attached hydrogen (secondary N) is 1. The lowest BCUT2D eigenvalue weighted by Gasteiger charge is -2.10. The molecule has 0 aliphatic rings. The standard InChI is InChI=1S/C16H19N3O3S/c1-5-22-13-8-6-7-12(14(13)21-4)9-17-19-16-18-10(2)15(23-16)11(3)20/h6-9H,5H2,1-4H3,(H,18,19)/b17-9-. The van der Waals surface area contributed by atoms with Gasteiger partial charge in [0.1, 0.15) is 0 Å². The number of carbonyl (C=O) groups is 1. The summed E-state index contributed by atoms with van der Waals surface area (Å²) in [5, 5.41) is 4.73. The molecule has 1 N–H and O–H groups in total. The van der Waals surface area contributed by atoms with Crippen LogP contribution in [-0.4, -0.2) is 30.7 Å². The van der Waals surface area contributed by atoms with E-state index >= 15 is 0 Å². The van der Waals surface area contributed by atoms with E-state index in [-0.39, 0.29) is 5.78 Å². The predicted molar refractivity (Wildman–Crippen MR) is 92.2 cm³/mol. The highest BCUT2D eigenvalue weighted by atomic mass is 32.1. The average Bonchev–Trinajstić information content (AvgIpc) is 2.89. The molecule has 1 aromatic heterocycles. The van der Waals surface area contributed by atoms with Crippen LogP contribution >= 0.6 is 11.3 Å². The molecular formula is C16H19N3O3S. The molecule has 0 fully saturated rings. The maximum atomic E-state index is 11.4. The minimum Gasteiger partial charge on any atom is -0.492 e. The highest BCUT2D eigenvalue weighted by Gasteiger charge is 2.11. The molecule has 23 heavy (non-hydrogen) atoms. The van der Waals surface area contributed by atoms with Gasteiger partial charge in [0.2, 0.25) is 5.13 Å². The van der Waals surface area contributed by atoms with E-state index in [1.165, 1.54) is 18.3 Å². The maximum Gasteiger partial charge on any atom is 0.204 e. The van der Waals surface area contributed by atoms with Crippen molar-refractivity contribution in [2.24, 2.45) is 5.10 Å². The zero-order valence-electron chi connectivity index (χ0n) is 13.5. The SMILES string of the molecule is CCOc1cccc(/C=N\Nc2nc(C)c(C(C)=O)s2)c1OC. The number of nitrogens with zero attached hydrogens (tertiary/aromatic N) is 2. The number of aryl methyl sites for hydroxylation is 1. The van der Waals surface area contributed by atoms with Gasteiger partial charge in [-0.25, -0.2) is 4.98 Å². The Morgan fingerprint density at radius 2 is 2.26 bits per heavy atom. The third kappa shape index (κ3) is 4.07. The molecule has 0 radical (unpaired) electrons. The number of thiazole rings is 1. The molecule has 0 saturated carbocycles. The van der Waals surface area contributed by atoms with Crippen LogP contribution in [0, 0.1) is 6.92 Å². The van der Waals surface area contributed by atoms with E-state index in [0.717, 1.165) is 5.56 Å². The van der Waals surface area contributed by atoms with Gasteiger partial charge in [-0.15, -0.1) is 0 Å². The van der Waals surface area contributed by atoms with Crippen molar-refractivity contribution in [3.05, 3.63) is 34.3 Å². The number of hydrazone groups is 1. The number of anilines is 1. The van der Waals surface area contributed by atoms with Gasteiger partial charge >= 0.3 is 0 Å². The fraction of sp³-hybridized carbons (Fsp3) is 0.312. The molecule has 0 aliphatic carbocycles. The fourth-order valence-corrected chi connectivity index (χ4v) is 2.86. The number of benzene rings is 1. The van der Waals surface area contributed by atoms with Gasteiger partial charge in [-0.05, 0) is 26.0 Å². The van der Waals surface area contributed by atoms with E-state index < -0.39 is 0 Å². The summed E-state index contributed by atoms with van der Waals surface area (Å²) in [5.41, 5.74) is 4.33. The molecule has 6 nitrogen and oxygen atoms in total. The summed E-state index contributed by atoms with van der Waals surface area (Å²) < 4.78 is 10.9. The normalized spacial score (nSPS) is 10.8. The van der Waals surface area contributed by atoms with E-state index in [0.29, 0.717) is 33.8 Å². The molecule has 0 amide bonds. The van der Waals surface area contributed by atoms with Gasteiger partial charge in [0.05, 0.1) is 30.5 Å². The second-order valence-corrected chi connectivity index (χ2v) is 5.67. The zero-order chi connectivity index (χ0) is 16.8. The molecule has 122 valence electrons. The maximum absolute atomic E-state index is 11.4. The van der Waals surface area contributed by atoms with Crippen molar-refractivity contribution in [2.45, 2.75) is 20.8 Å². The number of Topliss-reactive ketones (excluding diaryl/α,β-unsaturated/α-hetero) is 1. The van der Waals surface area contributed by atoms with Crippen molar-refractivity contribution < 1.29 is 14.3 Å². The van der Waals surface area contributed by atoms with E-state index in [1.54, 1.807) is 20.2 Å². The number of carbonyl (C=O) groups excluding carboxylic acids is 1. The number of hydrogen-bond donors (Lipinski definition) is 1. The van der Waals surface area contributed by atoms with Crippen LogP contribution < -0.4 is 14.9 Å². The molecule has 0 spiro atoms. The molecule has 1 aromatic carbocycles. The predicted octanol–water partition coefficient (Wildman–Crippen LogP) is 3.51. The molecule has 1 heterocycles. The molecule has 0 bridgehead atoms. The van der Waals surface area contributed by atoms with Crippen LogP contribution in [0.15, 0.2) is 23.3 Å². The van der Waals surface area contributed by atoms with E-state index in [4.69, 9.17) is 9.47 Å². The Bertz CT molecular complexity index is 725. The van der Waals surface area contributed by atoms with Gasteiger partial charge in [-0.1, -0.05) is 17.4 Å². The number of rotatable bonds is 7. The first-order valence-electron chi connectivity index (χ1n) is 7.14. The van der Waals surface area contributed by atoms with Crippen molar-refractivity contribution in [1.82, 2.24) is 4.98 Å². The Kier molecular flexibility index (Phi) is 5.70. The summed E-state index contributed by atoms with van der Waals surface area (Å²) in [6, 6.07) is 5.59. The van der Waals surface area contributed by atoms with Gasteiger partial charge < -0.3 is 9.47 Å². The lowest BCUT2D eigenvalue weighted by Crippen LogP contribution is -1.99. The van der Waals surface area contributed by atoms with Gasteiger partial charge in [-0.3, -0.25) is 10.2 Å². The molecule has 0 aliphatic heterocycles. The highest BCUT2D eigenvalue weighted by molar-refractivity contribution is 7.17. The second kappa shape index (κ2) is 7.73. The van der Waals surface area contributed by atoms with Crippen LogP contribution in [0.2, 0.25) is 0 Å². The van der Waals surface area contributed by atoms with E-state index in [1.807, 2.05) is 25.1 Å². The molecular weight excluding hydrogens is 314 g/mol. The Morgan fingerprint density at radius 1 is 1.48 bits per heavy atom. The van der Waals surface area contributed by atoms with Crippen molar-refractivity contribution >= 4 is 28.5 Å². The Hall–Kier alpha value is -2.41. The molecule has 7 heteroatoms. The number of ether oxygens (including phenoxy) is 2. The lowest BCUT2D eigenvalue weighted by atomic mass is 10.2. The van der Waals surface area contributed by atoms with Crippen molar-refractivity contribution in [3.8, 4) is 11.5 Å². The summed E-state index contributed by atoms with van der Waals surface area (Å²) in [6.07, 6.45) is 1.63. The van der Waals surface area contributed by atoms with Crippen LogP contribution in [0.5, 0.6) is 11.5 Å². The van der Waals surface area contributed by atoms with Crippen LogP contribution in [0.4, 0.5) is 5.13 Å². The number of aromatic nitrogens is 1. The van der Waals surface area contributed by atoms with Gasteiger partial charge in [0, 0.05) is 12.5 Å². The zero-order valence-corrected chi connectivity index (χ0v) is 14.4. The molecule has 0 saturated heterocycles. The molecule has 2 aromatic rings. The van der Waals surface area contributed by atoms with E-state index in [9.17, 15) is 4.79 Å². The molecule has 2 rings (SSSR count). The third-order valence-electron chi connectivity index (χ3n) is 2.99. The van der Waals surface area contributed by atoms with Gasteiger partial charge in [0.15, 0.2) is 17.3 Å². The number of methoxy groups -OCH3 is 1. The first-order valence-corrected chi connectivity index (χ1v) is 7.95. The third-order valence-corrected chi connectivity index (χ3v) is 4.16. The van der Waals surface area contributed by atoms with Crippen molar-refractivity contribution in [1.29, 1.82) is 0 Å². The van der Waals surface area contributed by atoms with E-state index in [2.05, 4.69) is 15.5 Å². The molecule has 0 unspecified atom stereocenters. The topological polar surface area (TPSA) is 72.8 Å². The number of para-hydroxylation sites is 1. The minimum absolute atomic E-state index is 0.00288. The number of hydrogen-bond acceptors (Lipinski definition) is 7. The largest absolute Gasteiger partial charge is 0.492 e. The van der Waals surface area contributed by atoms with Gasteiger partial charge in [0.25, 0.3) is 0 Å². The summed E-state index contributed by atoms with van der Waals surface area (Å²) in [7, 11) is 1.59. The van der Waals surface area contributed by atoms with Gasteiger partial charge in [-0.2, -0.15) is 5.10 Å². The van der Waals surface area contributed by atoms with Crippen molar-refractivity contribution in [3.63, 3.8) is 0 Å². The minimum atomic E-state index is 0.00288. The first kappa shape index (κ1) is 17.0. The Labute approximate surface area is 139 Å². The Balaban J connectivity index is 2.16. The lowest BCUT2D eigenvalue weighted by molar-refractivity contribution is 0.102. The summed E-state index contributed by atoms with van der Waals surface area (Å²) in [4.78, 5) is 16.3. The van der Waals surface area contributed by atoms with Crippen LogP contribution in [0.1, 0.15) is 34.8 Å².